The predicted octanol–water partition coefficient (Wildman–Crippen LogP) is 2.53. The Balaban J connectivity index is 2.81. The summed E-state index contributed by atoms with van der Waals surface area (Å²) < 4.78 is 0. The van der Waals surface area contributed by atoms with Crippen LogP contribution in [0.3, 0.4) is 0 Å². The molecule has 0 amide bonds. The summed E-state index contributed by atoms with van der Waals surface area (Å²) in [4.78, 5) is 10.8. The molecule has 1 saturated carbocycles. The van der Waals surface area contributed by atoms with Crippen molar-refractivity contribution in [2.45, 2.75) is 40.5 Å². The van der Waals surface area contributed by atoms with E-state index in [1.807, 2.05) is 0 Å². The van der Waals surface area contributed by atoms with Crippen LogP contribution < -0.4 is 0 Å². The van der Waals surface area contributed by atoms with Gasteiger partial charge in [0.2, 0.25) is 0 Å². The standard InChI is InChI=1S/C10H18O2/c1-9(2)5-7(8(11)12)6-10(9,3)4/h7H,5-6H2,1-4H3,(H,11,12). The van der Waals surface area contributed by atoms with Gasteiger partial charge in [0.05, 0.1) is 5.92 Å². The molecule has 0 radical (unpaired) electrons. The number of carboxylic acids is 1. The molecule has 0 saturated heterocycles. The van der Waals surface area contributed by atoms with Crippen molar-refractivity contribution < 1.29 is 9.90 Å². The zero-order valence-electron chi connectivity index (χ0n) is 8.35. The zero-order valence-corrected chi connectivity index (χ0v) is 8.35. The molecular weight excluding hydrogens is 152 g/mol. The fraction of sp³-hybridized carbons (Fsp3) is 0.900. The molecule has 1 rings (SSSR count). The van der Waals surface area contributed by atoms with Gasteiger partial charge in [0.25, 0.3) is 0 Å². The van der Waals surface area contributed by atoms with Gasteiger partial charge in [-0.15, -0.1) is 0 Å². The SMILES string of the molecule is CC1(C)CC(C(=O)O)CC1(C)C. The second-order valence-corrected chi connectivity index (χ2v) is 5.21. The molecule has 0 spiro atoms. The summed E-state index contributed by atoms with van der Waals surface area (Å²) in [6.07, 6.45) is 1.63. The molecule has 0 atom stereocenters. The van der Waals surface area contributed by atoms with Crippen molar-refractivity contribution >= 4 is 5.97 Å². The predicted molar refractivity (Wildman–Crippen MR) is 47.9 cm³/mol. The molecule has 0 heterocycles. The second kappa shape index (κ2) is 2.48. The molecule has 0 aromatic heterocycles. The highest BCUT2D eigenvalue weighted by Crippen LogP contribution is 2.54. The van der Waals surface area contributed by atoms with Crippen LogP contribution >= 0.6 is 0 Å². The number of hydrogen-bond acceptors (Lipinski definition) is 1. The summed E-state index contributed by atoms with van der Waals surface area (Å²) in [5.41, 5.74) is 0.326. The van der Waals surface area contributed by atoms with E-state index in [1.54, 1.807) is 0 Å². The molecule has 1 fully saturated rings. The van der Waals surface area contributed by atoms with Crippen molar-refractivity contribution in [2.24, 2.45) is 16.7 Å². The van der Waals surface area contributed by atoms with E-state index >= 15 is 0 Å². The van der Waals surface area contributed by atoms with Gasteiger partial charge in [-0.1, -0.05) is 27.7 Å². The Bertz CT molecular complexity index is 188. The third-order valence-electron chi connectivity index (χ3n) is 3.69. The smallest absolute Gasteiger partial charge is 0.306 e. The zero-order chi connectivity index (χ0) is 9.57. The highest BCUT2D eigenvalue weighted by Gasteiger charge is 2.48. The van der Waals surface area contributed by atoms with E-state index in [1.165, 1.54) is 0 Å². The molecule has 2 heteroatoms. The van der Waals surface area contributed by atoms with Gasteiger partial charge < -0.3 is 5.11 Å². The number of hydrogen-bond donors (Lipinski definition) is 1. The lowest BCUT2D eigenvalue weighted by Gasteiger charge is -2.34. The van der Waals surface area contributed by atoms with Gasteiger partial charge in [-0.3, -0.25) is 4.79 Å². The first-order valence-electron chi connectivity index (χ1n) is 4.49. The van der Waals surface area contributed by atoms with Crippen molar-refractivity contribution in [2.75, 3.05) is 0 Å². The third kappa shape index (κ3) is 1.35. The quantitative estimate of drug-likeness (QED) is 0.656. The fourth-order valence-corrected chi connectivity index (χ4v) is 2.03. The van der Waals surface area contributed by atoms with E-state index in [4.69, 9.17) is 5.11 Å². The summed E-state index contributed by atoms with van der Waals surface area (Å²) in [6, 6.07) is 0. The van der Waals surface area contributed by atoms with Gasteiger partial charge in [-0.05, 0) is 23.7 Å². The Hall–Kier alpha value is -0.530. The average Bonchev–Trinajstić information content (AvgIpc) is 2.03. The molecule has 1 aliphatic carbocycles. The Morgan fingerprint density at radius 2 is 1.50 bits per heavy atom. The van der Waals surface area contributed by atoms with Crippen LogP contribution in [-0.4, -0.2) is 11.1 Å². The minimum Gasteiger partial charge on any atom is -0.481 e. The fourth-order valence-electron chi connectivity index (χ4n) is 2.03. The molecule has 0 bridgehead atoms. The van der Waals surface area contributed by atoms with E-state index < -0.39 is 5.97 Å². The Morgan fingerprint density at radius 3 is 1.67 bits per heavy atom. The van der Waals surface area contributed by atoms with Gasteiger partial charge in [0.1, 0.15) is 0 Å². The normalized spacial score (nSPS) is 27.3. The first-order chi connectivity index (χ1) is 5.26. The number of rotatable bonds is 1. The maximum absolute atomic E-state index is 10.8. The van der Waals surface area contributed by atoms with Crippen LogP contribution in [-0.2, 0) is 4.79 Å². The highest BCUT2D eigenvalue weighted by molar-refractivity contribution is 5.70. The molecule has 1 aliphatic rings. The molecular formula is C10H18O2. The van der Waals surface area contributed by atoms with E-state index in [0.717, 1.165) is 12.8 Å². The van der Waals surface area contributed by atoms with Crippen LogP contribution in [0.5, 0.6) is 0 Å². The van der Waals surface area contributed by atoms with E-state index in [2.05, 4.69) is 27.7 Å². The molecule has 0 aromatic carbocycles. The van der Waals surface area contributed by atoms with Crippen molar-refractivity contribution in [1.82, 2.24) is 0 Å². The Kier molecular flexibility index (Phi) is 1.97. The Labute approximate surface area is 74.0 Å². The molecule has 2 nitrogen and oxygen atoms in total. The minimum atomic E-state index is -0.631. The van der Waals surface area contributed by atoms with E-state index in [-0.39, 0.29) is 16.7 Å². The summed E-state index contributed by atoms with van der Waals surface area (Å²) in [6.45, 7) is 8.65. The lowest BCUT2D eigenvalue weighted by Crippen LogP contribution is -2.25. The van der Waals surface area contributed by atoms with Crippen LogP contribution in [0.1, 0.15) is 40.5 Å². The lowest BCUT2D eigenvalue weighted by molar-refractivity contribution is -0.141. The first-order valence-corrected chi connectivity index (χ1v) is 4.49. The minimum absolute atomic E-state index is 0.130. The number of carbonyl (C=O) groups is 1. The molecule has 0 aliphatic heterocycles. The molecule has 0 unspecified atom stereocenters. The summed E-state index contributed by atoms with van der Waals surface area (Å²) >= 11 is 0. The average molecular weight is 170 g/mol. The molecule has 70 valence electrons. The van der Waals surface area contributed by atoms with E-state index in [9.17, 15) is 4.79 Å². The summed E-state index contributed by atoms with van der Waals surface area (Å²) in [5, 5.41) is 8.88. The van der Waals surface area contributed by atoms with Crippen molar-refractivity contribution in [3.63, 3.8) is 0 Å². The van der Waals surface area contributed by atoms with Gasteiger partial charge >= 0.3 is 5.97 Å². The maximum atomic E-state index is 10.8. The summed E-state index contributed by atoms with van der Waals surface area (Å²) in [5.74, 6) is -0.761. The largest absolute Gasteiger partial charge is 0.481 e. The monoisotopic (exact) mass is 170 g/mol. The first kappa shape index (κ1) is 9.56. The second-order valence-electron chi connectivity index (χ2n) is 5.21. The molecule has 1 N–H and O–H groups in total. The van der Waals surface area contributed by atoms with Crippen LogP contribution in [0.2, 0.25) is 0 Å². The van der Waals surface area contributed by atoms with Crippen LogP contribution in [0, 0.1) is 16.7 Å². The van der Waals surface area contributed by atoms with Crippen LogP contribution in [0.15, 0.2) is 0 Å². The van der Waals surface area contributed by atoms with E-state index in [0.29, 0.717) is 0 Å². The maximum Gasteiger partial charge on any atom is 0.306 e. The summed E-state index contributed by atoms with van der Waals surface area (Å²) in [7, 11) is 0. The van der Waals surface area contributed by atoms with Gasteiger partial charge in [0, 0.05) is 0 Å². The Morgan fingerprint density at radius 1 is 1.17 bits per heavy atom. The number of carboxylic acid groups (broad SMARTS) is 1. The van der Waals surface area contributed by atoms with Crippen molar-refractivity contribution in [1.29, 1.82) is 0 Å². The van der Waals surface area contributed by atoms with Crippen molar-refractivity contribution in [3.05, 3.63) is 0 Å². The molecule has 0 aromatic rings. The third-order valence-corrected chi connectivity index (χ3v) is 3.69. The van der Waals surface area contributed by atoms with Gasteiger partial charge in [-0.2, -0.15) is 0 Å². The highest BCUT2D eigenvalue weighted by atomic mass is 16.4. The van der Waals surface area contributed by atoms with Gasteiger partial charge in [0.15, 0.2) is 0 Å². The van der Waals surface area contributed by atoms with Gasteiger partial charge in [-0.25, -0.2) is 0 Å². The topological polar surface area (TPSA) is 37.3 Å². The van der Waals surface area contributed by atoms with Crippen LogP contribution in [0.4, 0.5) is 0 Å². The van der Waals surface area contributed by atoms with Crippen molar-refractivity contribution in [3.8, 4) is 0 Å². The van der Waals surface area contributed by atoms with Crippen LogP contribution in [0.25, 0.3) is 0 Å². The number of aliphatic carboxylic acids is 1. The lowest BCUT2D eigenvalue weighted by atomic mass is 9.71. The molecule has 12 heavy (non-hydrogen) atoms.